The monoisotopic (exact) mass is 272 g/mol. The van der Waals surface area contributed by atoms with Crippen molar-refractivity contribution in [2.24, 2.45) is 0 Å². The number of nitrogens with zero attached hydrogens (tertiary/aromatic N) is 1. The zero-order chi connectivity index (χ0) is 14.7. The molecular weight excluding hydrogens is 256 g/mol. The Balaban J connectivity index is 2.56. The highest BCUT2D eigenvalue weighted by atomic mass is 16.4. The van der Waals surface area contributed by atoms with Crippen LogP contribution >= 0.6 is 0 Å². The lowest BCUT2D eigenvalue weighted by atomic mass is 9.98. The molecule has 20 heavy (non-hydrogen) atoms. The summed E-state index contributed by atoms with van der Waals surface area (Å²) in [6.45, 7) is 3.23. The number of fused-ring (bicyclic) bond motifs is 1. The van der Waals surface area contributed by atoms with Crippen LogP contribution in [0.25, 0.3) is 10.9 Å². The van der Waals surface area contributed by atoms with E-state index in [9.17, 15) is 9.59 Å². The molecule has 1 atom stereocenters. The lowest BCUT2D eigenvalue weighted by Crippen LogP contribution is -2.28. The van der Waals surface area contributed by atoms with Gasteiger partial charge in [-0.05, 0) is 24.6 Å². The first-order valence-electron chi connectivity index (χ1n) is 6.32. The fourth-order valence-electron chi connectivity index (χ4n) is 2.29. The van der Waals surface area contributed by atoms with Gasteiger partial charge in [-0.15, -0.1) is 0 Å². The number of pyridine rings is 1. The molecule has 1 aromatic carbocycles. The minimum Gasteiger partial charge on any atom is -0.481 e. The molecule has 0 aliphatic carbocycles. The number of benzene rings is 1. The molecular formula is C15H16N2O3. The van der Waals surface area contributed by atoms with E-state index in [-0.39, 0.29) is 12.3 Å². The van der Waals surface area contributed by atoms with Gasteiger partial charge in [0.1, 0.15) is 0 Å². The molecule has 0 spiro atoms. The molecule has 1 aromatic heterocycles. The van der Waals surface area contributed by atoms with Gasteiger partial charge in [0.15, 0.2) is 0 Å². The van der Waals surface area contributed by atoms with E-state index in [2.05, 4.69) is 10.3 Å². The Hall–Kier alpha value is -2.43. The van der Waals surface area contributed by atoms with Gasteiger partial charge in [-0.1, -0.05) is 18.2 Å². The van der Waals surface area contributed by atoms with Crippen LogP contribution in [0.1, 0.15) is 30.6 Å². The van der Waals surface area contributed by atoms with E-state index in [1.807, 2.05) is 37.3 Å². The number of para-hydroxylation sites is 1. The predicted molar refractivity (Wildman–Crippen MR) is 75.3 cm³/mol. The first-order valence-corrected chi connectivity index (χ1v) is 6.32. The average molecular weight is 272 g/mol. The van der Waals surface area contributed by atoms with E-state index in [4.69, 9.17) is 5.11 Å². The Morgan fingerprint density at radius 2 is 2.05 bits per heavy atom. The Morgan fingerprint density at radius 1 is 1.35 bits per heavy atom. The van der Waals surface area contributed by atoms with Crippen molar-refractivity contribution in [2.45, 2.75) is 26.3 Å². The molecule has 0 saturated heterocycles. The fourth-order valence-corrected chi connectivity index (χ4v) is 2.29. The third-order valence-corrected chi connectivity index (χ3v) is 3.01. The molecule has 5 nitrogen and oxygen atoms in total. The third kappa shape index (κ3) is 3.12. The first-order chi connectivity index (χ1) is 9.47. The van der Waals surface area contributed by atoms with E-state index in [0.29, 0.717) is 0 Å². The normalized spacial score (nSPS) is 12.1. The van der Waals surface area contributed by atoms with E-state index in [1.54, 1.807) is 0 Å². The van der Waals surface area contributed by atoms with Crippen LogP contribution in [0.4, 0.5) is 0 Å². The second kappa shape index (κ2) is 5.69. The maximum absolute atomic E-state index is 11.3. The molecule has 5 heteroatoms. The maximum atomic E-state index is 11.3. The first kappa shape index (κ1) is 14.0. The molecule has 0 bridgehead atoms. The number of carboxylic acid groups (broad SMARTS) is 1. The van der Waals surface area contributed by atoms with Gasteiger partial charge >= 0.3 is 5.97 Å². The lowest BCUT2D eigenvalue weighted by molar-refractivity contribution is -0.137. The van der Waals surface area contributed by atoms with Crippen LogP contribution in [-0.4, -0.2) is 22.0 Å². The summed E-state index contributed by atoms with van der Waals surface area (Å²) < 4.78 is 0. The molecule has 0 fully saturated rings. The number of aromatic nitrogens is 1. The summed E-state index contributed by atoms with van der Waals surface area (Å²) in [5.74, 6) is -1.21. The molecule has 0 aliphatic heterocycles. The summed E-state index contributed by atoms with van der Waals surface area (Å²) in [4.78, 5) is 26.7. The maximum Gasteiger partial charge on any atom is 0.305 e. The number of aryl methyl sites for hydroxylation is 1. The number of amides is 1. The average Bonchev–Trinajstić information content (AvgIpc) is 2.35. The molecule has 2 rings (SSSR count). The standard InChI is InChI=1S/C15H16N2O3/c1-9-7-12(11-5-3-4-6-13(11)16-9)14(8-15(19)20)17-10(2)18/h3-7,14H,8H2,1-2H3,(H,17,18)(H,19,20). The van der Waals surface area contributed by atoms with Gasteiger partial charge in [-0.2, -0.15) is 0 Å². The minimum atomic E-state index is -0.956. The number of carbonyl (C=O) groups is 2. The summed E-state index contributed by atoms with van der Waals surface area (Å²) in [5, 5.41) is 12.6. The summed E-state index contributed by atoms with van der Waals surface area (Å²) >= 11 is 0. The van der Waals surface area contributed by atoms with Crippen molar-refractivity contribution in [3.05, 3.63) is 41.6 Å². The van der Waals surface area contributed by atoms with Crippen LogP contribution in [0, 0.1) is 6.92 Å². The quantitative estimate of drug-likeness (QED) is 0.894. The van der Waals surface area contributed by atoms with Gasteiger partial charge < -0.3 is 10.4 Å². The van der Waals surface area contributed by atoms with Gasteiger partial charge in [0.25, 0.3) is 0 Å². The van der Waals surface area contributed by atoms with Crippen LogP contribution in [-0.2, 0) is 9.59 Å². The number of carbonyl (C=O) groups excluding carboxylic acids is 1. The lowest BCUT2D eigenvalue weighted by Gasteiger charge is -2.19. The molecule has 104 valence electrons. The summed E-state index contributed by atoms with van der Waals surface area (Å²) in [6, 6.07) is 8.77. The number of hydrogen-bond acceptors (Lipinski definition) is 3. The number of aliphatic carboxylic acids is 1. The van der Waals surface area contributed by atoms with Crippen molar-refractivity contribution in [1.29, 1.82) is 0 Å². The van der Waals surface area contributed by atoms with Gasteiger partial charge in [0.05, 0.1) is 18.0 Å². The highest BCUT2D eigenvalue weighted by molar-refractivity contribution is 5.85. The van der Waals surface area contributed by atoms with Crippen molar-refractivity contribution in [1.82, 2.24) is 10.3 Å². The zero-order valence-corrected chi connectivity index (χ0v) is 11.4. The number of hydrogen-bond donors (Lipinski definition) is 2. The predicted octanol–water partition coefficient (Wildman–Crippen LogP) is 2.20. The topological polar surface area (TPSA) is 79.3 Å². The van der Waals surface area contributed by atoms with Crippen LogP contribution in [0.15, 0.2) is 30.3 Å². The summed E-state index contributed by atoms with van der Waals surface area (Å²) in [7, 11) is 0. The van der Waals surface area contributed by atoms with Crippen molar-refractivity contribution in [2.75, 3.05) is 0 Å². The molecule has 1 unspecified atom stereocenters. The molecule has 0 aliphatic rings. The van der Waals surface area contributed by atoms with Gasteiger partial charge in [0.2, 0.25) is 5.91 Å². The van der Waals surface area contributed by atoms with Crippen LogP contribution < -0.4 is 5.32 Å². The second-order valence-electron chi connectivity index (χ2n) is 4.72. The molecule has 0 radical (unpaired) electrons. The van der Waals surface area contributed by atoms with Crippen LogP contribution in [0.2, 0.25) is 0 Å². The van der Waals surface area contributed by atoms with E-state index in [1.165, 1.54) is 6.92 Å². The SMILES string of the molecule is CC(=O)NC(CC(=O)O)c1cc(C)nc2ccccc12. The Labute approximate surface area is 116 Å². The van der Waals surface area contributed by atoms with Gasteiger partial charge in [0, 0.05) is 18.0 Å². The largest absolute Gasteiger partial charge is 0.481 e. The molecule has 2 aromatic rings. The summed E-state index contributed by atoms with van der Waals surface area (Å²) in [6.07, 6.45) is -0.160. The van der Waals surface area contributed by atoms with Crippen molar-refractivity contribution in [3.8, 4) is 0 Å². The molecule has 0 saturated carbocycles. The third-order valence-electron chi connectivity index (χ3n) is 3.01. The summed E-state index contributed by atoms with van der Waals surface area (Å²) in [5.41, 5.74) is 2.37. The zero-order valence-electron chi connectivity index (χ0n) is 11.4. The van der Waals surface area contributed by atoms with Crippen LogP contribution in [0.5, 0.6) is 0 Å². The van der Waals surface area contributed by atoms with E-state index >= 15 is 0 Å². The highest BCUT2D eigenvalue weighted by Gasteiger charge is 2.19. The van der Waals surface area contributed by atoms with Gasteiger partial charge in [-0.25, -0.2) is 0 Å². The van der Waals surface area contributed by atoms with Gasteiger partial charge in [-0.3, -0.25) is 14.6 Å². The van der Waals surface area contributed by atoms with Crippen molar-refractivity contribution in [3.63, 3.8) is 0 Å². The number of rotatable bonds is 4. The molecule has 1 heterocycles. The smallest absolute Gasteiger partial charge is 0.305 e. The second-order valence-corrected chi connectivity index (χ2v) is 4.72. The number of nitrogens with one attached hydrogen (secondary N) is 1. The highest BCUT2D eigenvalue weighted by Crippen LogP contribution is 2.26. The van der Waals surface area contributed by atoms with Crippen LogP contribution in [0.3, 0.4) is 0 Å². The van der Waals surface area contributed by atoms with Crippen molar-refractivity contribution < 1.29 is 14.7 Å². The number of carboxylic acids is 1. The molecule has 2 N–H and O–H groups in total. The van der Waals surface area contributed by atoms with E-state index in [0.717, 1.165) is 22.2 Å². The van der Waals surface area contributed by atoms with E-state index < -0.39 is 12.0 Å². The van der Waals surface area contributed by atoms with Crippen molar-refractivity contribution >= 4 is 22.8 Å². The fraction of sp³-hybridized carbons (Fsp3) is 0.267. The Morgan fingerprint density at radius 3 is 2.70 bits per heavy atom. The Bertz CT molecular complexity index is 651. The Kier molecular flexibility index (Phi) is 3.98. The molecule has 1 amide bonds. The minimum absolute atomic E-state index is 0.160.